The summed E-state index contributed by atoms with van der Waals surface area (Å²) < 4.78 is 23.6. The van der Waals surface area contributed by atoms with Gasteiger partial charge in [0.15, 0.2) is 11.5 Å². The lowest BCUT2D eigenvalue weighted by Crippen LogP contribution is -1.91. The fraction of sp³-hybridized carbons (Fsp3) is 0.0769. The Balaban J connectivity index is 2.28. The summed E-state index contributed by atoms with van der Waals surface area (Å²) in [6.07, 6.45) is 0. The molecule has 0 aliphatic heterocycles. The van der Waals surface area contributed by atoms with Crippen molar-refractivity contribution in [2.75, 3.05) is 7.11 Å². The van der Waals surface area contributed by atoms with Crippen LogP contribution in [0.4, 0.5) is 4.39 Å². The van der Waals surface area contributed by atoms with E-state index in [1.807, 2.05) is 0 Å². The second-order valence-corrected chi connectivity index (χ2v) is 3.39. The Morgan fingerprint density at radius 1 is 1.00 bits per heavy atom. The Bertz CT molecular complexity index is 509. The van der Waals surface area contributed by atoms with Crippen LogP contribution in [0.5, 0.6) is 23.0 Å². The molecule has 0 bridgehead atoms. The van der Waals surface area contributed by atoms with Gasteiger partial charge in [0, 0.05) is 6.07 Å². The van der Waals surface area contributed by atoms with E-state index in [1.54, 1.807) is 12.1 Å². The number of rotatable bonds is 3. The highest BCUT2D eigenvalue weighted by Crippen LogP contribution is 2.32. The van der Waals surface area contributed by atoms with E-state index in [4.69, 9.17) is 14.6 Å². The van der Waals surface area contributed by atoms with Gasteiger partial charge in [0.1, 0.15) is 17.3 Å². The number of phenolic OH excluding ortho intramolecular Hbond substituents is 1. The lowest BCUT2D eigenvalue weighted by Gasteiger charge is -2.10. The fourth-order valence-electron chi connectivity index (χ4n) is 1.37. The molecular weight excluding hydrogens is 223 g/mol. The van der Waals surface area contributed by atoms with Crippen LogP contribution in [0.25, 0.3) is 0 Å². The van der Waals surface area contributed by atoms with Gasteiger partial charge in [-0.05, 0) is 36.4 Å². The SMILES string of the molecule is COc1ccc(F)cc1Oc1ccc(O)cc1. The minimum absolute atomic E-state index is 0.142. The number of methoxy groups -OCH3 is 1. The summed E-state index contributed by atoms with van der Waals surface area (Å²) in [5, 5.41) is 9.13. The van der Waals surface area contributed by atoms with Crippen LogP contribution in [0.15, 0.2) is 42.5 Å². The molecule has 0 spiro atoms. The molecule has 2 aromatic carbocycles. The van der Waals surface area contributed by atoms with Crippen molar-refractivity contribution in [1.29, 1.82) is 0 Å². The Hall–Kier alpha value is -2.23. The van der Waals surface area contributed by atoms with Crippen LogP contribution in [0.3, 0.4) is 0 Å². The predicted octanol–water partition coefficient (Wildman–Crippen LogP) is 3.33. The van der Waals surface area contributed by atoms with E-state index >= 15 is 0 Å². The second kappa shape index (κ2) is 4.74. The molecule has 0 aromatic heterocycles. The average molecular weight is 234 g/mol. The van der Waals surface area contributed by atoms with Crippen molar-refractivity contribution in [2.24, 2.45) is 0 Å². The third kappa shape index (κ3) is 2.66. The maximum absolute atomic E-state index is 13.1. The highest BCUT2D eigenvalue weighted by Gasteiger charge is 2.07. The summed E-state index contributed by atoms with van der Waals surface area (Å²) in [5.74, 6) is 0.965. The van der Waals surface area contributed by atoms with E-state index in [2.05, 4.69) is 0 Å². The van der Waals surface area contributed by atoms with E-state index in [0.717, 1.165) is 0 Å². The van der Waals surface area contributed by atoms with Gasteiger partial charge >= 0.3 is 0 Å². The van der Waals surface area contributed by atoms with Crippen molar-refractivity contribution in [3.63, 3.8) is 0 Å². The molecule has 88 valence electrons. The van der Waals surface area contributed by atoms with Gasteiger partial charge in [0.05, 0.1) is 7.11 Å². The molecule has 0 atom stereocenters. The minimum Gasteiger partial charge on any atom is -0.508 e. The van der Waals surface area contributed by atoms with Crippen molar-refractivity contribution in [2.45, 2.75) is 0 Å². The number of halogens is 1. The van der Waals surface area contributed by atoms with Crippen LogP contribution >= 0.6 is 0 Å². The Kier molecular flexibility index (Phi) is 3.14. The zero-order chi connectivity index (χ0) is 12.3. The number of hydrogen-bond donors (Lipinski definition) is 1. The fourth-order valence-corrected chi connectivity index (χ4v) is 1.37. The average Bonchev–Trinajstić information content (AvgIpc) is 2.32. The summed E-state index contributed by atoms with van der Waals surface area (Å²) >= 11 is 0. The van der Waals surface area contributed by atoms with E-state index in [1.165, 1.54) is 37.4 Å². The van der Waals surface area contributed by atoms with Crippen LogP contribution < -0.4 is 9.47 Å². The molecule has 1 N–H and O–H groups in total. The van der Waals surface area contributed by atoms with E-state index < -0.39 is 5.82 Å². The van der Waals surface area contributed by atoms with Gasteiger partial charge in [0.2, 0.25) is 0 Å². The Labute approximate surface area is 98.0 Å². The van der Waals surface area contributed by atoms with Crippen molar-refractivity contribution in [3.05, 3.63) is 48.3 Å². The normalized spacial score (nSPS) is 10.0. The zero-order valence-electron chi connectivity index (χ0n) is 9.18. The lowest BCUT2D eigenvalue weighted by atomic mass is 10.3. The molecule has 0 amide bonds. The second-order valence-electron chi connectivity index (χ2n) is 3.39. The molecule has 0 saturated heterocycles. The Morgan fingerprint density at radius 3 is 2.35 bits per heavy atom. The first-order chi connectivity index (χ1) is 8.19. The molecule has 0 fully saturated rings. The third-order valence-corrected chi connectivity index (χ3v) is 2.19. The minimum atomic E-state index is -0.403. The quantitative estimate of drug-likeness (QED) is 0.885. The monoisotopic (exact) mass is 234 g/mol. The van der Waals surface area contributed by atoms with Crippen molar-refractivity contribution < 1.29 is 19.0 Å². The molecule has 4 heteroatoms. The van der Waals surface area contributed by atoms with Gasteiger partial charge in [-0.25, -0.2) is 4.39 Å². The lowest BCUT2D eigenvalue weighted by molar-refractivity contribution is 0.376. The summed E-state index contributed by atoms with van der Waals surface area (Å²) in [5.41, 5.74) is 0. The van der Waals surface area contributed by atoms with Crippen molar-refractivity contribution in [1.82, 2.24) is 0 Å². The molecule has 2 aromatic rings. The molecule has 0 saturated carbocycles. The maximum Gasteiger partial charge on any atom is 0.172 e. The summed E-state index contributed by atoms with van der Waals surface area (Å²) in [6, 6.07) is 10.2. The third-order valence-electron chi connectivity index (χ3n) is 2.19. The van der Waals surface area contributed by atoms with E-state index in [0.29, 0.717) is 11.5 Å². The molecular formula is C13H11FO3. The van der Waals surface area contributed by atoms with Gasteiger partial charge in [-0.3, -0.25) is 0 Å². The highest BCUT2D eigenvalue weighted by molar-refractivity contribution is 5.43. The topological polar surface area (TPSA) is 38.7 Å². The summed E-state index contributed by atoms with van der Waals surface area (Å²) in [6.45, 7) is 0. The maximum atomic E-state index is 13.1. The zero-order valence-corrected chi connectivity index (χ0v) is 9.18. The van der Waals surface area contributed by atoms with E-state index in [9.17, 15) is 4.39 Å². The molecule has 0 radical (unpaired) electrons. The van der Waals surface area contributed by atoms with Crippen molar-refractivity contribution in [3.8, 4) is 23.0 Å². The first-order valence-corrected chi connectivity index (χ1v) is 4.99. The smallest absolute Gasteiger partial charge is 0.172 e. The summed E-state index contributed by atoms with van der Waals surface area (Å²) in [4.78, 5) is 0. The van der Waals surface area contributed by atoms with Crippen LogP contribution in [0.2, 0.25) is 0 Å². The van der Waals surface area contributed by atoms with Gasteiger partial charge in [-0.15, -0.1) is 0 Å². The van der Waals surface area contributed by atoms with Crippen LogP contribution in [0.1, 0.15) is 0 Å². The number of phenols is 1. The van der Waals surface area contributed by atoms with Crippen LogP contribution in [-0.2, 0) is 0 Å². The first kappa shape index (κ1) is 11.3. The van der Waals surface area contributed by atoms with Crippen LogP contribution in [0, 0.1) is 5.82 Å². The van der Waals surface area contributed by atoms with Crippen LogP contribution in [-0.4, -0.2) is 12.2 Å². The predicted molar refractivity (Wildman–Crippen MR) is 61.1 cm³/mol. The number of benzene rings is 2. The molecule has 0 aliphatic carbocycles. The van der Waals surface area contributed by atoms with Gasteiger partial charge in [-0.2, -0.15) is 0 Å². The molecule has 3 nitrogen and oxygen atoms in total. The largest absolute Gasteiger partial charge is 0.508 e. The van der Waals surface area contributed by atoms with Crippen molar-refractivity contribution >= 4 is 0 Å². The highest BCUT2D eigenvalue weighted by atomic mass is 19.1. The van der Waals surface area contributed by atoms with Gasteiger partial charge in [0.25, 0.3) is 0 Å². The number of hydrogen-bond acceptors (Lipinski definition) is 3. The Morgan fingerprint density at radius 2 is 1.71 bits per heavy atom. The number of aromatic hydroxyl groups is 1. The molecule has 2 rings (SSSR count). The van der Waals surface area contributed by atoms with Gasteiger partial charge in [-0.1, -0.05) is 0 Å². The molecule has 17 heavy (non-hydrogen) atoms. The van der Waals surface area contributed by atoms with E-state index in [-0.39, 0.29) is 11.5 Å². The summed E-state index contributed by atoms with van der Waals surface area (Å²) in [7, 11) is 1.48. The number of ether oxygens (including phenoxy) is 2. The molecule has 0 aliphatic rings. The standard InChI is InChI=1S/C13H11FO3/c1-16-12-7-2-9(14)8-13(12)17-11-5-3-10(15)4-6-11/h2-8,15H,1H3. The van der Waals surface area contributed by atoms with Gasteiger partial charge < -0.3 is 14.6 Å². The first-order valence-electron chi connectivity index (χ1n) is 4.99. The molecule has 0 unspecified atom stereocenters. The molecule has 0 heterocycles.